The Kier molecular flexibility index (Phi) is 4.72. The normalized spacial score (nSPS) is 10.9. The zero-order valence-corrected chi connectivity index (χ0v) is 13.1. The van der Waals surface area contributed by atoms with Gasteiger partial charge in [0.25, 0.3) is 0 Å². The topological polar surface area (TPSA) is 54.9 Å². The molecular formula is C17H11F2N3OS. The lowest BCUT2D eigenvalue weighted by molar-refractivity contribution is -0.111. The van der Waals surface area contributed by atoms with Crippen LogP contribution in [-0.2, 0) is 4.79 Å². The van der Waals surface area contributed by atoms with Crippen LogP contribution in [0, 0.1) is 11.6 Å². The van der Waals surface area contributed by atoms with Crippen LogP contribution in [0.4, 0.5) is 13.9 Å². The number of nitrogens with one attached hydrogen (secondary N) is 1. The van der Waals surface area contributed by atoms with E-state index in [1.807, 2.05) is 6.07 Å². The molecule has 3 aromatic rings. The number of pyridine rings is 1. The molecule has 1 aromatic carbocycles. The summed E-state index contributed by atoms with van der Waals surface area (Å²) in [6.07, 6.45) is 4.56. The highest BCUT2D eigenvalue weighted by Gasteiger charge is 2.09. The van der Waals surface area contributed by atoms with Crippen LogP contribution in [0.3, 0.4) is 0 Å². The fraction of sp³-hybridized carbons (Fsp3) is 0. The van der Waals surface area contributed by atoms with Crippen LogP contribution in [0.1, 0.15) is 5.69 Å². The minimum atomic E-state index is -0.940. The van der Waals surface area contributed by atoms with Crippen molar-refractivity contribution in [2.45, 2.75) is 0 Å². The molecule has 24 heavy (non-hydrogen) atoms. The molecule has 1 amide bonds. The first kappa shape index (κ1) is 15.9. The van der Waals surface area contributed by atoms with Crippen molar-refractivity contribution in [1.29, 1.82) is 0 Å². The number of anilines is 1. The van der Waals surface area contributed by atoms with Crippen molar-refractivity contribution in [3.8, 4) is 11.3 Å². The Balaban J connectivity index is 1.68. The van der Waals surface area contributed by atoms with Crippen LogP contribution < -0.4 is 5.32 Å². The minimum Gasteiger partial charge on any atom is -0.298 e. The van der Waals surface area contributed by atoms with Gasteiger partial charge in [-0.3, -0.25) is 15.1 Å². The molecule has 0 unspecified atom stereocenters. The van der Waals surface area contributed by atoms with E-state index in [1.54, 1.807) is 29.8 Å². The van der Waals surface area contributed by atoms with Crippen molar-refractivity contribution in [2.24, 2.45) is 0 Å². The monoisotopic (exact) mass is 343 g/mol. The van der Waals surface area contributed by atoms with Crippen molar-refractivity contribution < 1.29 is 13.6 Å². The highest BCUT2D eigenvalue weighted by molar-refractivity contribution is 7.14. The predicted molar refractivity (Wildman–Crippen MR) is 89.4 cm³/mol. The van der Waals surface area contributed by atoms with Crippen molar-refractivity contribution in [3.05, 3.63) is 71.4 Å². The van der Waals surface area contributed by atoms with Crippen molar-refractivity contribution in [1.82, 2.24) is 9.97 Å². The van der Waals surface area contributed by atoms with E-state index >= 15 is 0 Å². The summed E-state index contributed by atoms with van der Waals surface area (Å²) < 4.78 is 26.2. The largest absolute Gasteiger partial charge is 0.298 e. The molecule has 0 aliphatic heterocycles. The van der Waals surface area contributed by atoms with Crippen LogP contribution in [0.2, 0.25) is 0 Å². The van der Waals surface area contributed by atoms with Crippen molar-refractivity contribution in [2.75, 3.05) is 5.32 Å². The summed E-state index contributed by atoms with van der Waals surface area (Å²) in [6.45, 7) is 0. The summed E-state index contributed by atoms with van der Waals surface area (Å²) in [7, 11) is 0. The van der Waals surface area contributed by atoms with Gasteiger partial charge in [-0.2, -0.15) is 0 Å². The summed E-state index contributed by atoms with van der Waals surface area (Å²) in [5.41, 5.74) is 1.56. The van der Waals surface area contributed by atoms with Crippen molar-refractivity contribution >= 4 is 28.5 Å². The van der Waals surface area contributed by atoms with Gasteiger partial charge in [0.15, 0.2) is 16.8 Å². The Labute approximate surface area is 140 Å². The molecule has 0 saturated carbocycles. The van der Waals surface area contributed by atoms with E-state index in [-0.39, 0.29) is 5.91 Å². The molecule has 0 spiro atoms. The molecule has 1 N–H and O–H groups in total. The van der Waals surface area contributed by atoms with E-state index in [4.69, 9.17) is 0 Å². The number of rotatable bonds is 4. The van der Waals surface area contributed by atoms with Gasteiger partial charge in [0.05, 0.1) is 11.4 Å². The Morgan fingerprint density at radius 1 is 1.17 bits per heavy atom. The molecule has 0 saturated heterocycles. The summed E-state index contributed by atoms with van der Waals surface area (Å²) in [5.74, 6) is -2.21. The van der Waals surface area contributed by atoms with Crippen molar-refractivity contribution in [3.63, 3.8) is 0 Å². The first-order chi connectivity index (χ1) is 11.6. The van der Waals surface area contributed by atoms with Crippen LogP contribution >= 0.6 is 11.3 Å². The lowest BCUT2D eigenvalue weighted by Gasteiger charge is -1.98. The van der Waals surface area contributed by atoms with Gasteiger partial charge in [0.1, 0.15) is 0 Å². The first-order valence-corrected chi connectivity index (χ1v) is 7.81. The van der Waals surface area contributed by atoms with Gasteiger partial charge in [-0.05, 0) is 36.4 Å². The quantitative estimate of drug-likeness (QED) is 0.725. The number of benzene rings is 1. The third kappa shape index (κ3) is 3.88. The molecule has 3 rings (SSSR count). The number of hydrogen-bond donors (Lipinski definition) is 1. The number of carbonyl (C=O) groups is 1. The van der Waals surface area contributed by atoms with E-state index in [9.17, 15) is 13.6 Å². The maximum absolute atomic E-state index is 13.3. The SMILES string of the molecule is O=C(C=Cc1ccccn1)Nc1nc(-c2ccc(F)c(F)c2)cs1. The fourth-order valence-corrected chi connectivity index (χ4v) is 2.62. The Morgan fingerprint density at radius 2 is 2.04 bits per heavy atom. The molecule has 7 heteroatoms. The van der Waals surface area contributed by atoms with Gasteiger partial charge < -0.3 is 0 Å². The second kappa shape index (κ2) is 7.10. The van der Waals surface area contributed by atoms with Crippen LogP contribution in [0.5, 0.6) is 0 Å². The number of halogens is 2. The van der Waals surface area contributed by atoms with Gasteiger partial charge in [-0.25, -0.2) is 13.8 Å². The molecule has 0 aliphatic rings. The molecule has 0 bridgehead atoms. The average molecular weight is 343 g/mol. The smallest absolute Gasteiger partial charge is 0.250 e. The maximum atomic E-state index is 13.3. The molecule has 2 heterocycles. The molecule has 4 nitrogen and oxygen atoms in total. The third-order valence-corrected chi connectivity index (χ3v) is 3.80. The zero-order valence-electron chi connectivity index (χ0n) is 12.2. The highest BCUT2D eigenvalue weighted by Crippen LogP contribution is 2.26. The standard InChI is InChI=1S/C17H11F2N3OS/c18-13-6-4-11(9-14(13)19)15-10-24-17(21-15)22-16(23)7-5-12-3-1-2-8-20-12/h1-10H,(H,21,22,23). The summed E-state index contributed by atoms with van der Waals surface area (Å²) in [5, 5.41) is 4.64. The third-order valence-electron chi connectivity index (χ3n) is 3.04. The van der Waals surface area contributed by atoms with Gasteiger partial charge >= 0.3 is 0 Å². The summed E-state index contributed by atoms with van der Waals surface area (Å²) in [6, 6.07) is 8.91. The number of aromatic nitrogens is 2. The second-order valence-corrected chi connectivity index (χ2v) is 5.60. The van der Waals surface area contributed by atoms with Crippen LogP contribution in [0.15, 0.2) is 54.1 Å². The predicted octanol–water partition coefficient (Wildman–Crippen LogP) is 4.14. The fourth-order valence-electron chi connectivity index (χ4n) is 1.90. The highest BCUT2D eigenvalue weighted by atomic mass is 32.1. The number of thiazole rings is 1. The number of nitrogens with zero attached hydrogens (tertiary/aromatic N) is 2. The number of carbonyl (C=O) groups excluding carboxylic acids is 1. The zero-order chi connectivity index (χ0) is 16.9. The lowest BCUT2D eigenvalue weighted by Crippen LogP contribution is -2.07. The summed E-state index contributed by atoms with van der Waals surface area (Å²) in [4.78, 5) is 20.1. The Bertz CT molecular complexity index is 894. The van der Waals surface area contributed by atoms with E-state index in [1.165, 1.54) is 23.5 Å². The maximum Gasteiger partial charge on any atom is 0.250 e. The Morgan fingerprint density at radius 3 is 2.79 bits per heavy atom. The van der Waals surface area contributed by atoms with Crippen LogP contribution in [-0.4, -0.2) is 15.9 Å². The van der Waals surface area contributed by atoms with E-state index < -0.39 is 11.6 Å². The average Bonchev–Trinajstić information content (AvgIpc) is 3.05. The van der Waals surface area contributed by atoms with E-state index in [0.29, 0.717) is 22.1 Å². The molecule has 120 valence electrons. The lowest BCUT2D eigenvalue weighted by atomic mass is 10.2. The summed E-state index contributed by atoms with van der Waals surface area (Å²) >= 11 is 1.20. The van der Waals surface area contributed by atoms with Gasteiger partial charge in [-0.1, -0.05) is 6.07 Å². The van der Waals surface area contributed by atoms with Gasteiger partial charge in [0.2, 0.25) is 5.91 Å². The molecule has 0 radical (unpaired) electrons. The molecule has 0 fully saturated rings. The molecule has 0 atom stereocenters. The van der Waals surface area contributed by atoms with Crippen LogP contribution in [0.25, 0.3) is 17.3 Å². The number of hydrogen-bond acceptors (Lipinski definition) is 4. The molecular weight excluding hydrogens is 332 g/mol. The van der Waals surface area contributed by atoms with Gasteiger partial charge in [0, 0.05) is 23.2 Å². The van der Waals surface area contributed by atoms with E-state index in [0.717, 1.165) is 12.1 Å². The number of amides is 1. The molecule has 0 aliphatic carbocycles. The Hall–Kier alpha value is -2.93. The van der Waals surface area contributed by atoms with E-state index in [2.05, 4.69) is 15.3 Å². The first-order valence-electron chi connectivity index (χ1n) is 6.93. The van der Waals surface area contributed by atoms with Gasteiger partial charge in [-0.15, -0.1) is 11.3 Å². The second-order valence-electron chi connectivity index (χ2n) is 4.74. The molecule has 2 aromatic heterocycles. The minimum absolute atomic E-state index is 0.355.